The van der Waals surface area contributed by atoms with Gasteiger partial charge in [0.25, 0.3) is 0 Å². The highest BCUT2D eigenvalue weighted by Gasteiger charge is 2.15. The molecule has 2 rings (SSSR count). The van der Waals surface area contributed by atoms with Crippen LogP contribution in [0.5, 0.6) is 0 Å². The molecule has 2 aromatic rings. The summed E-state index contributed by atoms with van der Waals surface area (Å²) in [7, 11) is 0. The number of aromatic nitrogens is 3. The van der Waals surface area contributed by atoms with Crippen molar-refractivity contribution in [3.63, 3.8) is 0 Å². The number of aryl methyl sites for hydroxylation is 2. The van der Waals surface area contributed by atoms with E-state index in [1.807, 2.05) is 36.9 Å². The molecule has 3 N–H and O–H groups in total. The maximum Gasteiger partial charge on any atom is 0.127 e. The molecule has 0 aliphatic rings. The van der Waals surface area contributed by atoms with Crippen molar-refractivity contribution in [2.45, 2.75) is 38.8 Å². The second kappa shape index (κ2) is 7.01. The van der Waals surface area contributed by atoms with Crippen molar-refractivity contribution in [2.24, 2.45) is 5.84 Å². The van der Waals surface area contributed by atoms with Crippen LogP contribution in [0.4, 0.5) is 0 Å². The van der Waals surface area contributed by atoms with Crippen LogP contribution in [-0.4, -0.2) is 14.5 Å². The van der Waals surface area contributed by atoms with E-state index in [2.05, 4.69) is 26.9 Å². The Bertz CT molecular complexity index is 480. The molecule has 0 saturated heterocycles. The molecule has 0 fully saturated rings. The van der Waals surface area contributed by atoms with Crippen LogP contribution in [0.15, 0.2) is 36.9 Å². The summed E-state index contributed by atoms with van der Waals surface area (Å²) in [6.45, 7) is 3.13. The fourth-order valence-electron chi connectivity index (χ4n) is 2.21. The predicted molar refractivity (Wildman–Crippen MR) is 75.1 cm³/mol. The molecule has 1 unspecified atom stereocenters. The quantitative estimate of drug-likeness (QED) is 0.588. The highest BCUT2D eigenvalue weighted by atomic mass is 15.3. The van der Waals surface area contributed by atoms with Crippen molar-refractivity contribution in [3.8, 4) is 0 Å². The fourth-order valence-corrected chi connectivity index (χ4v) is 2.21. The van der Waals surface area contributed by atoms with Crippen molar-refractivity contribution in [1.82, 2.24) is 20.0 Å². The van der Waals surface area contributed by atoms with E-state index in [1.54, 1.807) is 0 Å². The number of hydrogen-bond donors (Lipinski definition) is 2. The summed E-state index contributed by atoms with van der Waals surface area (Å²) < 4.78 is 2.16. The van der Waals surface area contributed by atoms with Gasteiger partial charge in [0.05, 0.1) is 6.04 Å². The van der Waals surface area contributed by atoms with Gasteiger partial charge in [-0.2, -0.15) is 0 Å². The Morgan fingerprint density at radius 2 is 2.11 bits per heavy atom. The first-order valence-corrected chi connectivity index (χ1v) is 6.71. The van der Waals surface area contributed by atoms with Gasteiger partial charge in [-0.1, -0.05) is 6.92 Å². The third-order valence-electron chi connectivity index (χ3n) is 3.20. The second-order valence-corrected chi connectivity index (χ2v) is 4.59. The van der Waals surface area contributed by atoms with Gasteiger partial charge in [-0.25, -0.2) is 10.4 Å². The standard InChI is InChI=1S/C14H21N5/c1-2-10-19-11-9-17-14(19)13(18-15)4-3-12-5-7-16-8-6-12/h5-9,11,13,18H,2-4,10,15H2,1H3. The number of rotatable bonds is 7. The lowest BCUT2D eigenvalue weighted by atomic mass is 10.1. The average molecular weight is 259 g/mol. The van der Waals surface area contributed by atoms with Crippen molar-refractivity contribution in [1.29, 1.82) is 0 Å². The van der Waals surface area contributed by atoms with Gasteiger partial charge in [0.1, 0.15) is 5.82 Å². The van der Waals surface area contributed by atoms with E-state index in [4.69, 9.17) is 5.84 Å². The normalized spacial score (nSPS) is 12.5. The first kappa shape index (κ1) is 13.7. The lowest BCUT2D eigenvalue weighted by Gasteiger charge is -2.17. The Morgan fingerprint density at radius 3 is 2.79 bits per heavy atom. The van der Waals surface area contributed by atoms with Gasteiger partial charge in [-0.05, 0) is 37.0 Å². The summed E-state index contributed by atoms with van der Waals surface area (Å²) in [5.74, 6) is 6.69. The fraction of sp³-hybridized carbons (Fsp3) is 0.429. The largest absolute Gasteiger partial charge is 0.334 e. The molecule has 0 aliphatic carbocycles. The molecule has 1 atom stereocenters. The molecule has 0 radical (unpaired) electrons. The Morgan fingerprint density at radius 1 is 1.32 bits per heavy atom. The number of hydrazine groups is 1. The number of imidazole rings is 1. The third kappa shape index (κ3) is 3.62. The molecule has 0 amide bonds. The maximum atomic E-state index is 5.68. The number of nitrogens with one attached hydrogen (secondary N) is 1. The Labute approximate surface area is 113 Å². The molecule has 0 saturated carbocycles. The van der Waals surface area contributed by atoms with Crippen LogP contribution in [-0.2, 0) is 13.0 Å². The van der Waals surface area contributed by atoms with Crippen molar-refractivity contribution in [2.75, 3.05) is 0 Å². The number of nitrogens with zero attached hydrogens (tertiary/aromatic N) is 3. The summed E-state index contributed by atoms with van der Waals surface area (Å²) in [5.41, 5.74) is 4.14. The zero-order chi connectivity index (χ0) is 13.5. The highest BCUT2D eigenvalue weighted by molar-refractivity contribution is 5.11. The molecule has 102 valence electrons. The second-order valence-electron chi connectivity index (χ2n) is 4.59. The number of hydrogen-bond acceptors (Lipinski definition) is 4. The van der Waals surface area contributed by atoms with Crippen LogP contribution < -0.4 is 11.3 Å². The van der Waals surface area contributed by atoms with E-state index in [-0.39, 0.29) is 6.04 Å². The molecule has 0 spiro atoms. The van der Waals surface area contributed by atoms with E-state index in [0.29, 0.717) is 0 Å². The van der Waals surface area contributed by atoms with E-state index < -0.39 is 0 Å². The molecular weight excluding hydrogens is 238 g/mol. The molecule has 0 aromatic carbocycles. The molecular formula is C14H21N5. The first-order valence-electron chi connectivity index (χ1n) is 6.71. The van der Waals surface area contributed by atoms with Gasteiger partial charge in [-0.15, -0.1) is 0 Å². The van der Waals surface area contributed by atoms with Crippen LogP contribution in [0.3, 0.4) is 0 Å². The average Bonchev–Trinajstić information content (AvgIpc) is 2.90. The van der Waals surface area contributed by atoms with E-state index >= 15 is 0 Å². The van der Waals surface area contributed by atoms with E-state index in [1.165, 1.54) is 5.56 Å². The topological polar surface area (TPSA) is 68.8 Å². The molecule has 5 nitrogen and oxygen atoms in total. The van der Waals surface area contributed by atoms with Crippen LogP contribution in [0.1, 0.15) is 37.2 Å². The molecule has 5 heteroatoms. The van der Waals surface area contributed by atoms with Gasteiger partial charge in [-0.3, -0.25) is 10.8 Å². The lowest BCUT2D eigenvalue weighted by molar-refractivity contribution is 0.463. The predicted octanol–water partition coefficient (Wildman–Crippen LogP) is 1.83. The SMILES string of the molecule is CCCn1ccnc1C(CCc1ccncc1)NN. The van der Waals surface area contributed by atoms with E-state index in [0.717, 1.165) is 31.6 Å². The van der Waals surface area contributed by atoms with Gasteiger partial charge in [0.2, 0.25) is 0 Å². The molecule has 2 aromatic heterocycles. The Hall–Kier alpha value is -1.72. The summed E-state index contributed by atoms with van der Waals surface area (Å²) in [6.07, 6.45) is 10.4. The van der Waals surface area contributed by atoms with Crippen molar-refractivity contribution < 1.29 is 0 Å². The smallest absolute Gasteiger partial charge is 0.127 e. The highest BCUT2D eigenvalue weighted by Crippen LogP contribution is 2.17. The van der Waals surface area contributed by atoms with Gasteiger partial charge < -0.3 is 4.57 Å². The summed E-state index contributed by atoms with van der Waals surface area (Å²) in [6, 6.07) is 4.15. The summed E-state index contributed by atoms with van der Waals surface area (Å²) in [4.78, 5) is 8.45. The van der Waals surface area contributed by atoms with Crippen molar-refractivity contribution >= 4 is 0 Å². The molecule has 19 heavy (non-hydrogen) atoms. The monoisotopic (exact) mass is 259 g/mol. The lowest BCUT2D eigenvalue weighted by Crippen LogP contribution is -2.30. The minimum atomic E-state index is 0.0784. The number of nitrogens with two attached hydrogens (primary N) is 1. The van der Waals surface area contributed by atoms with Gasteiger partial charge in [0.15, 0.2) is 0 Å². The molecule has 0 bridgehead atoms. The minimum absolute atomic E-state index is 0.0784. The Balaban J connectivity index is 2.01. The maximum absolute atomic E-state index is 5.68. The third-order valence-corrected chi connectivity index (χ3v) is 3.20. The zero-order valence-electron chi connectivity index (χ0n) is 11.3. The first-order chi connectivity index (χ1) is 9.35. The molecule has 0 aliphatic heterocycles. The Kier molecular flexibility index (Phi) is 5.06. The van der Waals surface area contributed by atoms with Gasteiger partial charge >= 0.3 is 0 Å². The van der Waals surface area contributed by atoms with Crippen molar-refractivity contribution in [3.05, 3.63) is 48.3 Å². The summed E-state index contributed by atoms with van der Waals surface area (Å²) in [5, 5.41) is 0. The minimum Gasteiger partial charge on any atom is -0.334 e. The van der Waals surface area contributed by atoms with Crippen LogP contribution in [0.25, 0.3) is 0 Å². The zero-order valence-corrected chi connectivity index (χ0v) is 11.3. The molecule has 2 heterocycles. The van der Waals surface area contributed by atoms with Crippen LogP contribution >= 0.6 is 0 Å². The van der Waals surface area contributed by atoms with E-state index in [9.17, 15) is 0 Å². The van der Waals surface area contributed by atoms with Gasteiger partial charge in [0, 0.05) is 31.3 Å². The van der Waals surface area contributed by atoms with Crippen LogP contribution in [0.2, 0.25) is 0 Å². The van der Waals surface area contributed by atoms with Crippen LogP contribution in [0, 0.1) is 0 Å². The number of pyridine rings is 1. The summed E-state index contributed by atoms with van der Waals surface area (Å²) >= 11 is 0.